The van der Waals surface area contributed by atoms with Crippen LogP contribution in [0.3, 0.4) is 0 Å². The summed E-state index contributed by atoms with van der Waals surface area (Å²) in [6, 6.07) is 21.5. The SMILES string of the molecule is C1=CC(N(CC2C=C(c3ccccc3)C=CC2)c2ccccc2)=CCC1. The van der Waals surface area contributed by atoms with Crippen molar-refractivity contribution < 1.29 is 0 Å². The summed E-state index contributed by atoms with van der Waals surface area (Å²) in [5, 5.41) is 0. The molecule has 0 amide bonds. The van der Waals surface area contributed by atoms with Crippen LogP contribution in [0.25, 0.3) is 5.57 Å². The maximum atomic E-state index is 2.47. The predicted molar refractivity (Wildman–Crippen MR) is 112 cm³/mol. The van der Waals surface area contributed by atoms with Gasteiger partial charge in [0.2, 0.25) is 0 Å². The van der Waals surface area contributed by atoms with Gasteiger partial charge < -0.3 is 4.90 Å². The molecular weight excluding hydrogens is 314 g/mol. The van der Waals surface area contributed by atoms with Crippen molar-refractivity contribution in [2.24, 2.45) is 5.92 Å². The number of benzene rings is 2. The molecule has 0 radical (unpaired) electrons. The van der Waals surface area contributed by atoms with Crippen molar-refractivity contribution >= 4 is 11.3 Å². The minimum absolute atomic E-state index is 0.506. The summed E-state index contributed by atoms with van der Waals surface area (Å²) in [7, 11) is 0. The lowest BCUT2D eigenvalue weighted by molar-refractivity contribution is 0.648. The van der Waals surface area contributed by atoms with E-state index in [9.17, 15) is 0 Å². The van der Waals surface area contributed by atoms with E-state index in [-0.39, 0.29) is 0 Å². The van der Waals surface area contributed by atoms with E-state index in [4.69, 9.17) is 0 Å². The first-order valence-electron chi connectivity index (χ1n) is 9.53. The molecule has 1 heteroatoms. The maximum absolute atomic E-state index is 2.47. The first kappa shape index (κ1) is 16.7. The molecule has 2 aliphatic carbocycles. The molecule has 1 atom stereocenters. The van der Waals surface area contributed by atoms with Crippen molar-refractivity contribution in [2.75, 3.05) is 11.4 Å². The molecule has 0 heterocycles. The van der Waals surface area contributed by atoms with Crippen molar-refractivity contribution in [1.82, 2.24) is 0 Å². The first-order chi connectivity index (χ1) is 12.9. The van der Waals surface area contributed by atoms with Crippen LogP contribution in [0.1, 0.15) is 24.8 Å². The summed E-state index contributed by atoms with van der Waals surface area (Å²) in [5.41, 5.74) is 5.24. The van der Waals surface area contributed by atoms with Gasteiger partial charge in [0.25, 0.3) is 0 Å². The lowest BCUT2D eigenvalue weighted by Crippen LogP contribution is -2.28. The number of allylic oxidation sites excluding steroid dienone is 6. The molecule has 1 nitrogen and oxygen atoms in total. The van der Waals surface area contributed by atoms with Gasteiger partial charge in [0.05, 0.1) is 0 Å². The Morgan fingerprint density at radius 1 is 0.808 bits per heavy atom. The van der Waals surface area contributed by atoms with Crippen molar-refractivity contribution in [3.8, 4) is 0 Å². The molecule has 0 saturated heterocycles. The number of hydrogen-bond donors (Lipinski definition) is 0. The van der Waals surface area contributed by atoms with Gasteiger partial charge in [0.1, 0.15) is 0 Å². The smallest absolute Gasteiger partial charge is 0.0410 e. The van der Waals surface area contributed by atoms with Crippen LogP contribution in [-0.2, 0) is 0 Å². The largest absolute Gasteiger partial charge is 0.341 e. The summed E-state index contributed by atoms with van der Waals surface area (Å²) in [6.45, 7) is 1.00. The van der Waals surface area contributed by atoms with Gasteiger partial charge in [-0.15, -0.1) is 0 Å². The predicted octanol–water partition coefficient (Wildman–Crippen LogP) is 6.39. The molecule has 0 aliphatic heterocycles. The molecule has 26 heavy (non-hydrogen) atoms. The molecule has 2 aromatic carbocycles. The van der Waals surface area contributed by atoms with Crippen LogP contribution in [0.4, 0.5) is 5.69 Å². The molecule has 0 N–H and O–H groups in total. The van der Waals surface area contributed by atoms with Gasteiger partial charge >= 0.3 is 0 Å². The molecule has 0 bridgehead atoms. The zero-order chi connectivity index (χ0) is 17.6. The van der Waals surface area contributed by atoms with Gasteiger partial charge in [-0.3, -0.25) is 0 Å². The third kappa shape index (κ3) is 3.88. The summed E-state index contributed by atoms with van der Waals surface area (Å²) < 4.78 is 0. The van der Waals surface area contributed by atoms with Gasteiger partial charge in [-0.05, 0) is 54.5 Å². The van der Waals surface area contributed by atoms with Gasteiger partial charge in [0.15, 0.2) is 0 Å². The number of rotatable bonds is 5. The molecule has 4 rings (SSSR count). The van der Waals surface area contributed by atoms with Crippen LogP contribution < -0.4 is 4.90 Å². The van der Waals surface area contributed by atoms with E-state index in [2.05, 4.69) is 102 Å². The van der Waals surface area contributed by atoms with Gasteiger partial charge in [-0.2, -0.15) is 0 Å². The highest BCUT2D eigenvalue weighted by Crippen LogP contribution is 2.29. The minimum atomic E-state index is 0.506. The van der Waals surface area contributed by atoms with Crippen LogP contribution in [0.5, 0.6) is 0 Å². The Hall–Kier alpha value is -2.80. The lowest BCUT2D eigenvalue weighted by Gasteiger charge is -2.31. The van der Waals surface area contributed by atoms with E-state index in [1.807, 2.05) is 0 Å². The fourth-order valence-corrected chi connectivity index (χ4v) is 3.70. The Morgan fingerprint density at radius 3 is 2.31 bits per heavy atom. The van der Waals surface area contributed by atoms with Crippen LogP contribution in [0.15, 0.2) is 103 Å². The lowest BCUT2D eigenvalue weighted by atomic mass is 9.91. The van der Waals surface area contributed by atoms with Crippen LogP contribution in [0.2, 0.25) is 0 Å². The average Bonchev–Trinajstić information content (AvgIpc) is 2.74. The standard InChI is InChI=1S/C25H25N/c1-4-12-22(13-5-1)23-14-10-11-21(19-23)20-26(24-15-6-2-7-16-24)25-17-8-3-9-18-25/h1-2,4-8,10,12-19,21H,3,9,11,20H2. The second-order valence-corrected chi connectivity index (χ2v) is 6.94. The van der Waals surface area contributed by atoms with E-state index >= 15 is 0 Å². The Morgan fingerprint density at radius 2 is 1.58 bits per heavy atom. The van der Waals surface area contributed by atoms with E-state index < -0.39 is 0 Å². The molecule has 0 aromatic heterocycles. The molecule has 0 saturated carbocycles. The molecule has 2 aliphatic rings. The summed E-state index contributed by atoms with van der Waals surface area (Å²) in [5.74, 6) is 0.506. The third-order valence-corrected chi connectivity index (χ3v) is 5.03. The van der Waals surface area contributed by atoms with Gasteiger partial charge in [-0.25, -0.2) is 0 Å². The zero-order valence-corrected chi connectivity index (χ0v) is 15.1. The summed E-state index contributed by atoms with van der Waals surface area (Å²) in [4.78, 5) is 2.47. The third-order valence-electron chi connectivity index (χ3n) is 5.03. The first-order valence-corrected chi connectivity index (χ1v) is 9.53. The Balaban J connectivity index is 1.60. The summed E-state index contributed by atoms with van der Waals surface area (Å²) >= 11 is 0. The zero-order valence-electron chi connectivity index (χ0n) is 15.1. The fraction of sp³-hybridized carbons (Fsp3) is 0.200. The van der Waals surface area contributed by atoms with Crippen LogP contribution >= 0.6 is 0 Å². The summed E-state index contributed by atoms with van der Waals surface area (Å²) in [6.07, 6.45) is 17.3. The van der Waals surface area contributed by atoms with Crippen molar-refractivity contribution in [3.63, 3.8) is 0 Å². The molecule has 1 unspecified atom stereocenters. The second-order valence-electron chi connectivity index (χ2n) is 6.94. The Labute approximate surface area is 156 Å². The van der Waals surface area contributed by atoms with Crippen LogP contribution in [-0.4, -0.2) is 6.54 Å². The molecular formula is C25H25N. The van der Waals surface area contributed by atoms with Crippen molar-refractivity contribution in [2.45, 2.75) is 19.3 Å². The second kappa shape index (κ2) is 8.05. The Bertz CT molecular complexity index is 840. The highest BCUT2D eigenvalue weighted by Gasteiger charge is 2.18. The number of anilines is 1. The quantitative estimate of drug-likeness (QED) is 0.610. The van der Waals surface area contributed by atoms with E-state index in [1.165, 1.54) is 22.5 Å². The number of hydrogen-bond acceptors (Lipinski definition) is 1. The van der Waals surface area contributed by atoms with Gasteiger partial charge in [-0.1, -0.05) is 78.9 Å². The highest BCUT2D eigenvalue weighted by molar-refractivity contribution is 5.75. The number of nitrogens with zero attached hydrogens (tertiary/aromatic N) is 1. The van der Waals surface area contributed by atoms with Crippen LogP contribution in [0, 0.1) is 5.92 Å². The topological polar surface area (TPSA) is 3.24 Å². The molecule has 130 valence electrons. The number of para-hydroxylation sites is 1. The van der Waals surface area contributed by atoms with E-state index in [0.717, 1.165) is 25.8 Å². The van der Waals surface area contributed by atoms with Crippen molar-refractivity contribution in [3.05, 3.63) is 108 Å². The molecule has 0 fully saturated rings. The fourth-order valence-electron chi connectivity index (χ4n) is 3.70. The average molecular weight is 339 g/mol. The minimum Gasteiger partial charge on any atom is -0.341 e. The monoisotopic (exact) mass is 339 g/mol. The normalized spacial score (nSPS) is 19.0. The maximum Gasteiger partial charge on any atom is 0.0410 e. The van der Waals surface area contributed by atoms with E-state index in [0.29, 0.717) is 5.92 Å². The molecule has 2 aromatic rings. The van der Waals surface area contributed by atoms with Gasteiger partial charge in [0, 0.05) is 17.9 Å². The highest BCUT2D eigenvalue weighted by atomic mass is 15.1. The van der Waals surface area contributed by atoms with Crippen molar-refractivity contribution in [1.29, 1.82) is 0 Å². The van der Waals surface area contributed by atoms with E-state index in [1.54, 1.807) is 0 Å². The molecule has 0 spiro atoms. The Kier molecular flexibility index (Phi) is 5.16.